The molecule has 0 saturated heterocycles. The zero-order valence-electron chi connectivity index (χ0n) is 18.5. The molecule has 0 bridgehead atoms. The molecule has 0 radical (unpaired) electrons. The van der Waals surface area contributed by atoms with E-state index in [9.17, 15) is 29.4 Å². The molecule has 34 heavy (non-hydrogen) atoms. The molecule has 0 spiro atoms. The zero-order chi connectivity index (χ0) is 23.3. The van der Waals surface area contributed by atoms with Crippen molar-refractivity contribution in [1.29, 1.82) is 0 Å². The number of rotatable bonds is 9. The number of fused-ring (bicyclic) bond motifs is 1. The molecule has 3 rings (SSSR count). The van der Waals surface area contributed by atoms with Crippen LogP contribution >= 0.6 is 0 Å². The van der Waals surface area contributed by atoms with Crippen molar-refractivity contribution in [2.45, 2.75) is 25.4 Å². The maximum atomic E-state index is 12.2. The number of hydrogen-bond donors (Lipinski definition) is 4. The molecular weight excluding hydrogens is 468 g/mol. The maximum absolute atomic E-state index is 12.2. The first kappa shape index (κ1) is 29.5. The predicted molar refractivity (Wildman–Crippen MR) is 107 cm³/mol. The summed E-state index contributed by atoms with van der Waals surface area (Å²) in [7, 11) is 0. The SMILES string of the molecule is Nc1nc2ncc(CNc3ccc(C(=O)N[C@@H](CCC(=O)[O-])C(=O)[O-])cc3)nc2c(=O)[nH]1.[Na+].[Na+]. The fourth-order valence-corrected chi connectivity index (χ4v) is 2.74. The van der Waals surface area contributed by atoms with Crippen molar-refractivity contribution < 1.29 is 83.7 Å². The van der Waals surface area contributed by atoms with Gasteiger partial charge in [0.25, 0.3) is 11.5 Å². The minimum atomic E-state index is -1.59. The predicted octanol–water partition coefficient (Wildman–Crippen LogP) is -8.71. The summed E-state index contributed by atoms with van der Waals surface area (Å²) in [6, 6.07) is 4.59. The number of nitrogens with one attached hydrogen (secondary N) is 3. The number of aromatic nitrogens is 4. The van der Waals surface area contributed by atoms with Crippen molar-refractivity contribution in [3.05, 3.63) is 52.1 Å². The summed E-state index contributed by atoms with van der Waals surface area (Å²) < 4.78 is 0. The van der Waals surface area contributed by atoms with E-state index in [2.05, 4.69) is 30.6 Å². The van der Waals surface area contributed by atoms with Gasteiger partial charge in [0.1, 0.15) is 0 Å². The van der Waals surface area contributed by atoms with Gasteiger partial charge in [-0.2, -0.15) is 4.98 Å². The van der Waals surface area contributed by atoms with E-state index >= 15 is 0 Å². The van der Waals surface area contributed by atoms with Crippen molar-refractivity contribution in [3.63, 3.8) is 0 Å². The summed E-state index contributed by atoms with van der Waals surface area (Å²) in [5.74, 6) is -3.78. The summed E-state index contributed by atoms with van der Waals surface area (Å²) in [4.78, 5) is 60.2. The van der Waals surface area contributed by atoms with Gasteiger partial charge in [0.05, 0.1) is 30.4 Å². The summed E-state index contributed by atoms with van der Waals surface area (Å²) in [5.41, 5.74) is 6.37. The molecule has 0 saturated carbocycles. The van der Waals surface area contributed by atoms with Crippen LogP contribution in [0.1, 0.15) is 28.9 Å². The van der Waals surface area contributed by atoms with E-state index in [0.717, 1.165) is 0 Å². The van der Waals surface area contributed by atoms with Gasteiger partial charge < -0.3 is 36.2 Å². The number of nitrogens with zero attached hydrogens (tertiary/aromatic N) is 3. The normalized spacial score (nSPS) is 10.9. The molecule has 1 atom stereocenters. The number of carboxylic acid groups (broad SMARTS) is 2. The van der Waals surface area contributed by atoms with Crippen molar-refractivity contribution in [1.82, 2.24) is 25.3 Å². The van der Waals surface area contributed by atoms with Crippen LogP contribution in [0, 0.1) is 0 Å². The number of aromatic amines is 1. The number of anilines is 2. The largest absolute Gasteiger partial charge is 1.00 e. The van der Waals surface area contributed by atoms with Crippen molar-refractivity contribution in [3.8, 4) is 0 Å². The van der Waals surface area contributed by atoms with Crippen LogP contribution in [-0.2, 0) is 16.1 Å². The number of benzene rings is 1. The van der Waals surface area contributed by atoms with Crippen molar-refractivity contribution in [2.75, 3.05) is 11.1 Å². The summed E-state index contributed by atoms with van der Waals surface area (Å²) in [6.07, 6.45) is 0.554. The number of carbonyl (C=O) groups is 3. The molecule has 1 aromatic carbocycles. The van der Waals surface area contributed by atoms with Gasteiger partial charge in [0, 0.05) is 17.2 Å². The van der Waals surface area contributed by atoms with E-state index in [1.54, 1.807) is 12.1 Å². The molecule has 13 nitrogen and oxygen atoms in total. The molecular formula is C19H17N7Na2O6. The maximum Gasteiger partial charge on any atom is 1.00 e. The standard InChI is InChI=1S/C19H19N7O6.2Na/c20-19-25-15-14(17(30)26-19)23-11(8-22-15)7-21-10-3-1-9(2-4-10)16(29)24-12(18(31)32)5-6-13(27)28;;/h1-4,8,12,21H,5-7H2,(H,24,29)(H,27,28)(H,31,32)(H3,20,22,25,26,30);;/q;2*+1/p-2/t12-;;/m0../s1. The number of nitrogens with two attached hydrogens (primary N) is 1. The van der Waals surface area contributed by atoms with Crippen LogP contribution < -0.4 is 91.3 Å². The first-order chi connectivity index (χ1) is 15.2. The van der Waals surface area contributed by atoms with Crippen LogP contribution in [0.3, 0.4) is 0 Å². The molecule has 0 aliphatic carbocycles. The van der Waals surface area contributed by atoms with E-state index in [1.807, 2.05) is 0 Å². The minimum absolute atomic E-state index is 0. The van der Waals surface area contributed by atoms with E-state index < -0.39 is 35.9 Å². The van der Waals surface area contributed by atoms with Crippen LogP contribution in [-0.4, -0.2) is 43.8 Å². The van der Waals surface area contributed by atoms with Crippen LogP contribution in [0.15, 0.2) is 35.3 Å². The van der Waals surface area contributed by atoms with Crippen molar-refractivity contribution in [2.24, 2.45) is 0 Å². The molecule has 15 heteroatoms. The third kappa shape index (κ3) is 8.04. The third-order valence-corrected chi connectivity index (χ3v) is 4.33. The first-order valence-electron chi connectivity index (χ1n) is 9.30. The quantitative estimate of drug-likeness (QED) is 0.208. The Bertz CT molecular complexity index is 1240. The average molecular weight is 485 g/mol. The second kappa shape index (κ2) is 13.4. The number of amides is 1. The van der Waals surface area contributed by atoms with Crippen LogP contribution in [0.2, 0.25) is 0 Å². The Kier molecular flexibility index (Phi) is 11.6. The molecule has 0 aliphatic heterocycles. The Morgan fingerprint density at radius 1 is 1.09 bits per heavy atom. The topological polar surface area (TPSA) is 219 Å². The molecule has 0 fully saturated rings. The molecule has 2 aromatic heterocycles. The number of carbonyl (C=O) groups excluding carboxylic acids is 3. The van der Waals surface area contributed by atoms with Crippen molar-refractivity contribution >= 4 is 40.6 Å². The molecule has 5 N–H and O–H groups in total. The van der Waals surface area contributed by atoms with Gasteiger partial charge in [-0.3, -0.25) is 14.6 Å². The fraction of sp³-hybridized carbons (Fsp3) is 0.211. The van der Waals surface area contributed by atoms with Gasteiger partial charge in [0.2, 0.25) is 5.95 Å². The molecule has 166 valence electrons. The van der Waals surface area contributed by atoms with E-state index in [-0.39, 0.29) is 94.8 Å². The van der Waals surface area contributed by atoms with Crippen LogP contribution in [0.25, 0.3) is 11.2 Å². The Morgan fingerprint density at radius 2 is 1.76 bits per heavy atom. The summed E-state index contributed by atoms with van der Waals surface area (Å²) in [5, 5.41) is 26.8. The van der Waals surface area contributed by atoms with E-state index in [4.69, 9.17) is 5.73 Å². The second-order valence-corrected chi connectivity index (χ2v) is 6.67. The molecule has 3 aromatic rings. The Labute approximate surface area is 236 Å². The Balaban J connectivity index is 0.00000289. The van der Waals surface area contributed by atoms with E-state index in [0.29, 0.717) is 11.4 Å². The van der Waals surface area contributed by atoms with Gasteiger partial charge in [-0.1, -0.05) is 0 Å². The van der Waals surface area contributed by atoms with E-state index in [1.165, 1.54) is 18.3 Å². The summed E-state index contributed by atoms with van der Waals surface area (Å²) in [6.45, 7) is 0.217. The average Bonchev–Trinajstić information content (AvgIpc) is 2.75. The Morgan fingerprint density at radius 3 is 2.38 bits per heavy atom. The van der Waals surface area contributed by atoms with Gasteiger partial charge in [0.15, 0.2) is 11.2 Å². The number of hydrogen-bond acceptors (Lipinski definition) is 11. The fourth-order valence-electron chi connectivity index (χ4n) is 2.74. The van der Waals surface area contributed by atoms with Gasteiger partial charge >= 0.3 is 59.1 Å². The molecule has 0 aliphatic rings. The Hall–Kier alpha value is -2.55. The van der Waals surface area contributed by atoms with Gasteiger partial charge in [-0.25, -0.2) is 9.97 Å². The smallest absolute Gasteiger partial charge is 0.550 e. The zero-order valence-corrected chi connectivity index (χ0v) is 22.5. The summed E-state index contributed by atoms with van der Waals surface area (Å²) >= 11 is 0. The number of aliphatic carboxylic acids is 2. The molecule has 0 unspecified atom stereocenters. The van der Waals surface area contributed by atoms with Crippen LogP contribution in [0.4, 0.5) is 11.6 Å². The third-order valence-electron chi connectivity index (χ3n) is 4.33. The first-order valence-corrected chi connectivity index (χ1v) is 9.30. The minimum Gasteiger partial charge on any atom is -0.550 e. The number of carboxylic acids is 2. The number of H-pyrrole nitrogens is 1. The van der Waals surface area contributed by atoms with Gasteiger partial charge in [-0.05, 0) is 37.1 Å². The van der Waals surface area contributed by atoms with Gasteiger partial charge in [-0.15, -0.1) is 0 Å². The molecule has 2 heterocycles. The van der Waals surface area contributed by atoms with Crippen LogP contribution in [0.5, 0.6) is 0 Å². The second-order valence-electron chi connectivity index (χ2n) is 6.67. The number of nitrogen functional groups attached to an aromatic ring is 1. The molecule has 1 amide bonds. The monoisotopic (exact) mass is 485 g/mol.